The molecule has 0 fully saturated rings. The van der Waals surface area contributed by atoms with E-state index in [1.54, 1.807) is 7.11 Å². The Bertz CT molecular complexity index is 356. The first-order chi connectivity index (χ1) is 7.04. The lowest BCUT2D eigenvalue weighted by Crippen LogP contribution is -2.01. The SMILES string of the molecule is C=C(N)Cc1ccc(C(C)C)c(OC)c1. The molecule has 2 nitrogen and oxygen atoms in total. The fourth-order valence-electron chi connectivity index (χ4n) is 1.60. The lowest BCUT2D eigenvalue weighted by molar-refractivity contribution is 0.407. The summed E-state index contributed by atoms with van der Waals surface area (Å²) in [5.41, 5.74) is 8.62. The van der Waals surface area contributed by atoms with Crippen LogP contribution in [0.15, 0.2) is 30.5 Å². The van der Waals surface area contributed by atoms with Crippen LogP contribution in [0.25, 0.3) is 0 Å². The van der Waals surface area contributed by atoms with E-state index >= 15 is 0 Å². The van der Waals surface area contributed by atoms with E-state index in [4.69, 9.17) is 10.5 Å². The molecule has 15 heavy (non-hydrogen) atoms. The normalized spacial score (nSPS) is 10.4. The van der Waals surface area contributed by atoms with Crippen LogP contribution in [0, 0.1) is 0 Å². The molecule has 1 aromatic rings. The minimum absolute atomic E-state index is 0.468. The zero-order chi connectivity index (χ0) is 11.4. The molecular weight excluding hydrogens is 186 g/mol. The molecule has 0 unspecified atom stereocenters. The highest BCUT2D eigenvalue weighted by Gasteiger charge is 2.07. The zero-order valence-corrected chi connectivity index (χ0v) is 9.71. The van der Waals surface area contributed by atoms with Crippen molar-refractivity contribution in [2.45, 2.75) is 26.2 Å². The molecule has 0 amide bonds. The molecule has 1 aromatic carbocycles. The standard InChI is InChI=1S/C13H19NO/c1-9(2)12-6-5-11(7-10(3)14)8-13(12)15-4/h5-6,8-9H,3,7,14H2,1-2,4H3. The molecule has 2 heteroatoms. The summed E-state index contributed by atoms with van der Waals surface area (Å²) in [6.45, 7) is 8.00. The van der Waals surface area contributed by atoms with Crippen molar-refractivity contribution in [2.75, 3.05) is 7.11 Å². The number of hydrogen-bond acceptors (Lipinski definition) is 2. The van der Waals surface area contributed by atoms with Gasteiger partial charge in [-0.2, -0.15) is 0 Å². The monoisotopic (exact) mass is 205 g/mol. The van der Waals surface area contributed by atoms with Gasteiger partial charge in [-0.25, -0.2) is 0 Å². The summed E-state index contributed by atoms with van der Waals surface area (Å²) in [5, 5.41) is 0. The number of benzene rings is 1. The molecule has 2 N–H and O–H groups in total. The molecular formula is C13H19NO. The number of allylic oxidation sites excluding steroid dienone is 1. The summed E-state index contributed by atoms with van der Waals surface area (Å²) in [6, 6.07) is 6.21. The Morgan fingerprint density at radius 2 is 2.13 bits per heavy atom. The van der Waals surface area contributed by atoms with Crippen molar-refractivity contribution in [3.63, 3.8) is 0 Å². The van der Waals surface area contributed by atoms with Crippen LogP contribution in [0.1, 0.15) is 30.9 Å². The van der Waals surface area contributed by atoms with Crippen molar-refractivity contribution in [3.05, 3.63) is 41.6 Å². The van der Waals surface area contributed by atoms with Gasteiger partial charge in [-0.15, -0.1) is 0 Å². The number of methoxy groups -OCH3 is 1. The lowest BCUT2D eigenvalue weighted by atomic mass is 9.99. The second kappa shape index (κ2) is 4.87. The van der Waals surface area contributed by atoms with Crippen molar-refractivity contribution in [2.24, 2.45) is 5.73 Å². The van der Waals surface area contributed by atoms with E-state index in [9.17, 15) is 0 Å². The van der Waals surface area contributed by atoms with E-state index in [0.717, 1.165) is 11.3 Å². The van der Waals surface area contributed by atoms with E-state index in [-0.39, 0.29) is 0 Å². The third kappa shape index (κ3) is 3.01. The van der Waals surface area contributed by atoms with Crippen LogP contribution in [0.4, 0.5) is 0 Å². The first-order valence-electron chi connectivity index (χ1n) is 5.14. The Hall–Kier alpha value is -1.44. The van der Waals surface area contributed by atoms with Gasteiger partial charge in [0.15, 0.2) is 0 Å². The van der Waals surface area contributed by atoms with Crippen LogP contribution < -0.4 is 10.5 Å². The van der Waals surface area contributed by atoms with Gasteiger partial charge in [0.2, 0.25) is 0 Å². The molecule has 0 spiro atoms. The number of ether oxygens (including phenoxy) is 1. The fraction of sp³-hybridized carbons (Fsp3) is 0.385. The molecule has 0 bridgehead atoms. The number of hydrogen-bond donors (Lipinski definition) is 1. The van der Waals surface area contributed by atoms with E-state index in [2.05, 4.69) is 32.6 Å². The largest absolute Gasteiger partial charge is 0.496 e. The number of rotatable bonds is 4. The van der Waals surface area contributed by atoms with Gasteiger partial charge in [-0.3, -0.25) is 0 Å². The minimum atomic E-state index is 0.468. The first kappa shape index (κ1) is 11.6. The Morgan fingerprint density at radius 1 is 1.47 bits per heavy atom. The van der Waals surface area contributed by atoms with E-state index in [1.807, 2.05) is 6.07 Å². The second-order valence-electron chi connectivity index (χ2n) is 4.07. The zero-order valence-electron chi connectivity index (χ0n) is 9.71. The quantitative estimate of drug-likeness (QED) is 0.820. The summed E-state index contributed by atoms with van der Waals surface area (Å²) in [6.07, 6.45) is 0.703. The van der Waals surface area contributed by atoms with Gasteiger partial charge in [0.1, 0.15) is 5.75 Å². The highest BCUT2D eigenvalue weighted by atomic mass is 16.5. The maximum Gasteiger partial charge on any atom is 0.122 e. The Morgan fingerprint density at radius 3 is 2.60 bits per heavy atom. The van der Waals surface area contributed by atoms with Gasteiger partial charge in [0.25, 0.3) is 0 Å². The smallest absolute Gasteiger partial charge is 0.122 e. The summed E-state index contributed by atoms with van der Waals surface area (Å²) in [7, 11) is 1.70. The van der Waals surface area contributed by atoms with Crippen LogP contribution in [-0.4, -0.2) is 7.11 Å². The van der Waals surface area contributed by atoms with Crippen molar-refractivity contribution in [1.82, 2.24) is 0 Å². The van der Waals surface area contributed by atoms with Crippen LogP contribution in [0.2, 0.25) is 0 Å². The van der Waals surface area contributed by atoms with Gasteiger partial charge < -0.3 is 10.5 Å². The molecule has 0 atom stereocenters. The summed E-state index contributed by atoms with van der Waals surface area (Å²) in [4.78, 5) is 0. The van der Waals surface area contributed by atoms with Crippen LogP contribution in [0.3, 0.4) is 0 Å². The third-order valence-corrected chi connectivity index (χ3v) is 2.35. The lowest BCUT2D eigenvalue weighted by Gasteiger charge is -2.13. The van der Waals surface area contributed by atoms with Crippen molar-refractivity contribution >= 4 is 0 Å². The van der Waals surface area contributed by atoms with Gasteiger partial charge in [0, 0.05) is 12.1 Å². The van der Waals surface area contributed by atoms with E-state index < -0.39 is 0 Å². The first-order valence-corrected chi connectivity index (χ1v) is 5.14. The second-order valence-corrected chi connectivity index (χ2v) is 4.07. The summed E-state index contributed by atoms with van der Waals surface area (Å²) in [5.74, 6) is 1.40. The maximum absolute atomic E-state index is 5.58. The average Bonchev–Trinajstić information content (AvgIpc) is 2.16. The Balaban J connectivity index is 3.02. The molecule has 0 saturated heterocycles. The highest BCUT2D eigenvalue weighted by molar-refractivity contribution is 5.40. The Kier molecular flexibility index (Phi) is 3.78. The van der Waals surface area contributed by atoms with Crippen molar-refractivity contribution in [1.29, 1.82) is 0 Å². The number of nitrogens with two attached hydrogens (primary N) is 1. The van der Waals surface area contributed by atoms with E-state index in [0.29, 0.717) is 18.0 Å². The molecule has 0 aromatic heterocycles. The predicted molar refractivity (Wildman–Crippen MR) is 64.1 cm³/mol. The van der Waals surface area contributed by atoms with Gasteiger partial charge >= 0.3 is 0 Å². The predicted octanol–water partition coefficient (Wildman–Crippen LogP) is 2.83. The van der Waals surface area contributed by atoms with Gasteiger partial charge in [0.05, 0.1) is 7.11 Å². The van der Waals surface area contributed by atoms with E-state index in [1.165, 1.54) is 5.56 Å². The molecule has 0 aliphatic heterocycles. The maximum atomic E-state index is 5.58. The van der Waals surface area contributed by atoms with Crippen LogP contribution in [-0.2, 0) is 6.42 Å². The molecule has 0 aliphatic carbocycles. The topological polar surface area (TPSA) is 35.2 Å². The average molecular weight is 205 g/mol. The Labute approximate surface area is 91.7 Å². The van der Waals surface area contributed by atoms with Crippen molar-refractivity contribution in [3.8, 4) is 5.75 Å². The minimum Gasteiger partial charge on any atom is -0.496 e. The summed E-state index contributed by atoms with van der Waals surface area (Å²) < 4.78 is 5.36. The fourth-order valence-corrected chi connectivity index (χ4v) is 1.60. The molecule has 1 rings (SSSR count). The molecule has 0 aliphatic rings. The van der Waals surface area contributed by atoms with Gasteiger partial charge in [-0.05, 0) is 23.1 Å². The van der Waals surface area contributed by atoms with Crippen molar-refractivity contribution < 1.29 is 4.74 Å². The molecule has 82 valence electrons. The third-order valence-electron chi connectivity index (χ3n) is 2.35. The van der Waals surface area contributed by atoms with Crippen LogP contribution in [0.5, 0.6) is 5.75 Å². The highest BCUT2D eigenvalue weighted by Crippen LogP contribution is 2.27. The molecule has 0 radical (unpaired) electrons. The van der Waals surface area contributed by atoms with Gasteiger partial charge in [-0.1, -0.05) is 32.6 Å². The van der Waals surface area contributed by atoms with Crippen LogP contribution >= 0.6 is 0 Å². The molecule has 0 heterocycles. The summed E-state index contributed by atoms with van der Waals surface area (Å²) >= 11 is 0. The molecule has 0 saturated carbocycles.